The van der Waals surface area contributed by atoms with Crippen LogP contribution in [0.1, 0.15) is 31.7 Å². The molecule has 0 saturated heterocycles. The van der Waals surface area contributed by atoms with E-state index in [-0.39, 0.29) is 23.8 Å². The highest BCUT2D eigenvalue weighted by atomic mass is 35.5. The quantitative estimate of drug-likeness (QED) is 0.891. The SMILES string of the molecule is CC(C)Oc1c(Cl)cccc1NC(=O)[C@H]1C[C@@H]1c1cccnc1. The summed E-state index contributed by atoms with van der Waals surface area (Å²) in [5, 5.41) is 3.45. The number of ether oxygens (including phenoxy) is 1. The van der Waals surface area contributed by atoms with E-state index in [0.29, 0.717) is 16.5 Å². The van der Waals surface area contributed by atoms with Gasteiger partial charge in [0, 0.05) is 18.3 Å². The first-order chi connectivity index (χ1) is 11.1. The number of carbonyl (C=O) groups is 1. The Kier molecular flexibility index (Phi) is 4.53. The number of pyridine rings is 1. The largest absolute Gasteiger partial charge is 0.487 e. The summed E-state index contributed by atoms with van der Waals surface area (Å²) in [6.45, 7) is 3.85. The fraction of sp³-hybridized carbons (Fsp3) is 0.333. The number of aromatic nitrogens is 1. The van der Waals surface area contributed by atoms with Gasteiger partial charge in [-0.3, -0.25) is 9.78 Å². The molecule has 2 atom stereocenters. The number of rotatable bonds is 5. The molecule has 1 aliphatic rings. The molecular formula is C18H19ClN2O2. The Morgan fingerprint density at radius 3 is 2.87 bits per heavy atom. The molecule has 0 spiro atoms. The van der Waals surface area contributed by atoms with Crippen molar-refractivity contribution < 1.29 is 9.53 Å². The number of nitrogens with one attached hydrogen (secondary N) is 1. The highest BCUT2D eigenvalue weighted by molar-refractivity contribution is 6.32. The van der Waals surface area contributed by atoms with Crippen molar-refractivity contribution in [2.75, 3.05) is 5.32 Å². The third kappa shape index (κ3) is 3.64. The fourth-order valence-electron chi connectivity index (χ4n) is 2.64. The summed E-state index contributed by atoms with van der Waals surface area (Å²) in [6, 6.07) is 9.27. The predicted molar refractivity (Wildman–Crippen MR) is 90.9 cm³/mol. The molecule has 1 N–H and O–H groups in total. The maximum absolute atomic E-state index is 12.5. The zero-order valence-electron chi connectivity index (χ0n) is 13.1. The van der Waals surface area contributed by atoms with Gasteiger partial charge in [0.05, 0.1) is 16.8 Å². The number of anilines is 1. The van der Waals surface area contributed by atoms with Crippen molar-refractivity contribution in [3.05, 3.63) is 53.3 Å². The van der Waals surface area contributed by atoms with Crippen LogP contribution < -0.4 is 10.1 Å². The van der Waals surface area contributed by atoms with E-state index in [1.807, 2.05) is 38.2 Å². The molecule has 1 heterocycles. The molecule has 1 saturated carbocycles. The Labute approximate surface area is 140 Å². The predicted octanol–water partition coefficient (Wildman–Crippen LogP) is 4.26. The minimum Gasteiger partial charge on any atom is -0.487 e. The molecule has 1 aromatic carbocycles. The Balaban J connectivity index is 1.71. The number of hydrogen-bond donors (Lipinski definition) is 1. The Hall–Kier alpha value is -2.07. The van der Waals surface area contributed by atoms with Gasteiger partial charge in [0.25, 0.3) is 0 Å². The van der Waals surface area contributed by atoms with E-state index >= 15 is 0 Å². The average Bonchev–Trinajstić information content (AvgIpc) is 3.32. The molecular weight excluding hydrogens is 312 g/mol. The first-order valence-electron chi connectivity index (χ1n) is 7.72. The van der Waals surface area contributed by atoms with Gasteiger partial charge in [-0.05, 0) is 49.9 Å². The van der Waals surface area contributed by atoms with E-state index < -0.39 is 0 Å². The summed E-state index contributed by atoms with van der Waals surface area (Å²) in [5.74, 6) is 0.744. The molecule has 2 aromatic rings. The minimum atomic E-state index is -0.0231. The van der Waals surface area contributed by atoms with Crippen LogP contribution in [0.15, 0.2) is 42.7 Å². The van der Waals surface area contributed by atoms with E-state index in [9.17, 15) is 4.79 Å². The third-order valence-corrected chi connectivity index (χ3v) is 4.12. The van der Waals surface area contributed by atoms with Crippen LogP contribution in [0, 0.1) is 5.92 Å². The van der Waals surface area contributed by atoms with E-state index in [4.69, 9.17) is 16.3 Å². The molecule has 3 rings (SSSR count). The second-order valence-electron chi connectivity index (χ2n) is 6.01. The van der Waals surface area contributed by atoms with Crippen LogP contribution in [-0.4, -0.2) is 17.0 Å². The normalized spacial score (nSPS) is 19.5. The van der Waals surface area contributed by atoms with Crippen LogP contribution in [0.3, 0.4) is 0 Å². The number of benzene rings is 1. The zero-order chi connectivity index (χ0) is 16.4. The van der Waals surface area contributed by atoms with Crippen molar-refractivity contribution in [1.29, 1.82) is 0 Å². The van der Waals surface area contributed by atoms with Gasteiger partial charge in [0.2, 0.25) is 5.91 Å². The summed E-state index contributed by atoms with van der Waals surface area (Å²) in [4.78, 5) is 16.6. The molecule has 1 amide bonds. The topological polar surface area (TPSA) is 51.2 Å². The van der Waals surface area contributed by atoms with Gasteiger partial charge < -0.3 is 10.1 Å². The number of para-hydroxylation sites is 1. The standard InChI is InChI=1S/C18H19ClN2O2/c1-11(2)23-17-15(19)6-3-7-16(17)21-18(22)14-9-13(14)12-5-4-8-20-10-12/h3-8,10-11,13-14H,9H2,1-2H3,(H,21,22)/t13-,14+/m1/s1. The smallest absolute Gasteiger partial charge is 0.228 e. The Bertz CT molecular complexity index is 703. The van der Waals surface area contributed by atoms with Gasteiger partial charge >= 0.3 is 0 Å². The number of nitrogens with zero attached hydrogens (tertiary/aromatic N) is 1. The molecule has 0 bridgehead atoms. The zero-order valence-corrected chi connectivity index (χ0v) is 13.9. The van der Waals surface area contributed by atoms with Gasteiger partial charge in [-0.15, -0.1) is 0 Å². The lowest BCUT2D eigenvalue weighted by molar-refractivity contribution is -0.117. The summed E-state index contributed by atoms with van der Waals surface area (Å²) >= 11 is 6.19. The van der Waals surface area contributed by atoms with E-state index in [1.54, 1.807) is 18.3 Å². The average molecular weight is 331 g/mol. The lowest BCUT2D eigenvalue weighted by Crippen LogP contribution is -2.16. The second-order valence-corrected chi connectivity index (χ2v) is 6.41. The van der Waals surface area contributed by atoms with Gasteiger partial charge in [-0.25, -0.2) is 0 Å². The molecule has 23 heavy (non-hydrogen) atoms. The van der Waals surface area contributed by atoms with Crippen molar-refractivity contribution >= 4 is 23.2 Å². The summed E-state index contributed by atoms with van der Waals surface area (Å²) < 4.78 is 5.73. The van der Waals surface area contributed by atoms with Crippen LogP contribution in [0.25, 0.3) is 0 Å². The summed E-state index contributed by atoms with van der Waals surface area (Å²) in [6.07, 6.45) is 4.39. The maximum Gasteiger partial charge on any atom is 0.228 e. The van der Waals surface area contributed by atoms with Crippen molar-refractivity contribution in [3.63, 3.8) is 0 Å². The summed E-state index contributed by atoms with van der Waals surface area (Å²) in [7, 11) is 0. The van der Waals surface area contributed by atoms with Crippen LogP contribution in [0.4, 0.5) is 5.69 Å². The first-order valence-corrected chi connectivity index (χ1v) is 8.10. The second kappa shape index (κ2) is 6.59. The lowest BCUT2D eigenvalue weighted by atomic mass is 10.1. The number of hydrogen-bond acceptors (Lipinski definition) is 3. The molecule has 1 fully saturated rings. The number of carbonyl (C=O) groups excluding carboxylic acids is 1. The highest BCUT2D eigenvalue weighted by Gasteiger charge is 2.44. The van der Waals surface area contributed by atoms with Crippen molar-refractivity contribution in [1.82, 2.24) is 4.98 Å². The maximum atomic E-state index is 12.5. The molecule has 1 aliphatic carbocycles. The molecule has 4 nitrogen and oxygen atoms in total. The Morgan fingerprint density at radius 2 is 2.17 bits per heavy atom. The molecule has 1 aromatic heterocycles. The van der Waals surface area contributed by atoms with Gasteiger partial charge in [-0.2, -0.15) is 0 Å². The Morgan fingerprint density at radius 1 is 1.35 bits per heavy atom. The van der Waals surface area contributed by atoms with Gasteiger partial charge in [-0.1, -0.05) is 23.7 Å². The number of amides is 1. The minimum absolute atomic E-state index is 0.00488. The molecule has 0 radical (unpaired) electrons. The highest BCUT2D eigenvalue weighted by Crippen LogP contribution is 2.48. The van der Waals surface area contributed by atoms with Gasteiger partial charge in [0.1, 0.15) is 0 Å². The lowest BCUT2D eigenvalue weighted by Gasteiger charge is -2.16. The van der Waals surface area contributed by atoms with Crippen LogP contribution in [0.5, 0.6) is 5.75 Å². The van der Waals surface area contributed by atoms with Crippen molar-refractivity contribution in [2.24, 2.45) is 5.92 Å². The van der Waals surface area contributed by atoms with Crippen LogP contribution in [-0.2, 0) is 4.79 Å². The van der Waals surface area contributed by atoms with E-state index in [2.05, 4.69) is 10.3 Å². The van der Waals surface area contributed by atoms with Crippen LogP contribution >= 0.6 is 11.6 Å². The molecule has 0 unspecified atom stereocenters. The van der Waals surface area contributed by atoms with E-state index in [0.717, 1.165) is 12.0 Å². The fourth-order valence-corrected chi connectivity index (χ4v) is 2.86. The van der Waals surface area contributed by atoms with Crippen molar-refractivity contribution in [2.45, 2.75) is 32.3 Å². The van der Waals surface area contributed by atoms with Crippen molar-refractivity contribution in [3.8, 4) is 5.75 Å². The molecule has 120 valence electrons. The molecule has 5 heteroatoms. The van der Waals surface area contributed by atoms with E-state index in [1.165, 1.54) is 0 Å². The monoisotopic (exact) mass is 330 g/mol. The third-order valence-electron chi connectivity index (χ3n) is 3.82. The van der Waals surface area contributed by atoms with Crippen LogP contribution in [0.2, 0.25) is 5.02 Å². The molecule has 0 aliphatic heterocycles. The van der Waals surface area contributed by atoms with Gasteiger partial charge in [0.15, 0.2) is 5.75 Å². The summed E-state index contributed by atoms with van der Waals surface area (Å²) in [5.41, 5.74) is 1.73. The first kappa shape index (κ1) is 15.8. The number of halogens is 1.